The van der Waals surface area contributed by atoms with Crippen molar-refractivity contribution >= 4 is 23.3 Å². The lowest BCUT2D eigenvalue weighted by atomic mass is 9.55. The molecule has 2 heterocycles. The summed E-state index contributed by atoms with van der Waals surface area (Å²) in [6, 6.07) is 6.04. The lowest BCUT2D eigenvalue weighted by molar-refractivity contribution is -0.145. The number of rotatable bonds is 3. The minimum absolute atomic E-state index is 0.113. The maximum atomic E-state index is 12.9. The van der Waals surface area contributed by atoms with Gasteiger partial charge in [0, 0.05) is 61.2 Å². The SMILES string of the molecule is Cc1ccc(Cl)cc1N1CCN(C[C@@H]2C(=O)O[C@@H]3CC4=CCC[C@H](C)[C@@]4(C)[C@H](O)[C@@H]23)CC1. The highest BCUT2D eigenvalue weighted by molar-refractivity contribution is 6.30. The maximum absolute atomic E-state index is 12.9. The molecule has 6 atom stereocenters. The number of nitrogens with zero attached hydrogens (tertiary/aromatic N) is 2. The first-order valence-electron chi connectivity index (χ1n) is 12.1. The molecule has 0 spiro atoms. The zero-order valence-electron chi connectivity index (χ0n) is 19.4. The highest BCUT2D eigenvalue weighted by Crippen LogP contribution is 2.56. The Labute approximate surface area is 196 Å². The molecule has 0 amide bonds. The molecule has 1 N–H and O–H groups in total. The fourth-order valence-corrected chi connectivity index (χ4v) is 6.81. The summed E-state index contributed by atoms with van der Waals surface area (Å²) >= 11 is 6.23. The Bertz CT molecular complexity index is 926. The highest BCUT2D eigenvalue weighted by Gasteiger charge is 2.59. The molecule has 32 heavy (non-hydrogen) atoms. The molecular formula is C26H35ClN2O3. The number of carbonyl (C=O) groups is 1. The molecule has 2 aliphatic heterocycles. The standard InChI is InChI=1S/C26H35ClN2O3/c1-16-7-8-19(27)14-21(16)29-11-9-28(10-12-29)15-20-23-22(32-25(20)31)13-18-6-4-5-17(2)26(18,3)24(23)30/h6-8,14,17,20,22-24,30H,4-5,9-13,15H2,1-3H3/t17-,20-,22+,23-,24+,26+/m0/s1. The maximum Gasteiger partial charge on any atom is 0.311 e. The van der Waals surface area contributed by atoms with Crippen LogP contribution in [0.3, 0.4) is 0 Å². The number of aryl methyl sites for hydroxylation is 1. The van der Waals surface area contributed by atoms with Crippen molar-refractivity contribution in [2.45, 2.75) is 52.2 Å². The number of esters is 1. The van der Waals surface area contributed by atoms with E-state index in [1.54, 1.807) is 0 Å². The van der Waals surface area contributed by atoms with Gasteiger partial charge >= 0.3 is 5.97 Å². The Hall–Kier alpha value is -1.56. The van der Waals surface area contributed by atoms with Gasteiger partial charge in [-0.05, 0) is 43.4 Å². The van der Waals surface area contributed by atoms with Crippen molar-refractivity contribution in [3.8, 4) is 0 Å². The van der Waals surface area contributed by atoms with Crippen molar-refractivity contribution in [1.29, 1.82) is 0 Å². The number of aliphatic hydroxyl groups excluding tert-OH is 1. The fourth-order valence-electron chi connectivity index (χ4n) is 6.65. The largest absolute Gasteiger partial charge is 0.461 e. The number of aliphatic hydroxyl groups is 1. The molecule has 2 aliphatic carbocycles. The number of hydrogen-bond acceptors (Lipinski definition) is 5. The van der Waals surface area contributed by atoms with Crippen LogP contribution in [0.1, 0.15) is 38.7 Å². The first-order valence-corrected chi connectivity index (χ1v) is 12.5. The van der Waals surface area contributed by atoms with Crippen molar-refractivity contribution in [3.63, 3.8) is 0 Å². The van der Waals surface area contributed by atoms with Crippen molar-refractivity contribution in [2.75, 3.05) is 37.6 Å². The number of piperazine rings is 1. The van der Waals surface area contributed by atoms with Crippen LogP contribution in [0, 0.1) is 30.1 Å². The van der Waals surface area contributed by atoms with E-state index in [1.807, 2.05) is 12.1 Å². The predicted molar refractivity (Wildman–Crippen MR) is 127 cm³/mol. The highest BCUT2D eigenvalue weighted by atomic mass is 35.5. The van der Waals surface area contributed by atoms with E-state index in [9.17, 15) is 9.90 Å². The summed E-state index contributed by atoms with van der Waals surface area (Å²) < 4.78 is 5.85. The van der Waals surface area contributed by atoms with E-state index in [0.29, 0.717) is 12.5 Å². The van der Waals surface area contributed by atoms with Gasteiger partial charge in [0.2, 0.25) is 0 Å². The van der Waals surface area contributed by atoms with E-state index in [4.69, 9.17) is 16.3 Å². The minimum Gasteiger partial charge on any atom is -0.461 e. The van der Waals surface area contributed by atoms with Crippen LogP contribution in [0.25, 0.3) is 0 Å². The van der Waals surface area contributed by atoms with Gasteiger partial charge in [0.05, 0.1) is 12.0 Å². The smallest absolute Gasteiger partial charge is 0.311 e. The summed E-state index contributed by atoms with van der Waals surface area (Å²) in [5.41, 5.74) is 3.48. The van der Waals surface area contributed by atoms with Gasteiger partial charge in [-0.15, -0.1) is 0 Å². The van der Waals surface area contributed by atoms with Gasteiger partial charge in [0.15, 0.2) is 0 Å². The Morgan fingerprint density at radius 3 is 2.75 bits per heavy atom. The number of anilines is 1. The van der Waals surface area contributed by atoms with Crippen LogP contribution in [0.5, 0.6) is 0 Å². The number of fused-ring (bicyclic) bond motifs is 2. The third-order valence-electron chi connectivity index (χ3n) is 8.91. The van der Waals surface area contributed by atoms with Crippen LogP contribution in [0.2, 0.25) is 5.02 Å². The third-order valence-corrected chi connectivity index (χ3v) is 9.14. The number of benzene rings is 1. The number of halogens is 1. The van der Waals surface area contributed by atoms with Crippen molar-refractivity contribution in [3.05, 3.63) is 40.4 Å². The number of hydrogen-bond donors (Lipinski definition) is 1. The van der Waals surface area contributed by atoms with Gasteiger partial charge in [0.25, 0.3) is 0 Å². The van der Waals surface area contributed by atoms with Crippen LogP contribution in [0.4, 0.5) is 5.69 Å². The molecule has 0 bridgehead atoms. The summed E-state index contributed by atoms with van der Waals surface area (Å²) in [5, 5.41) is 12.3. The molecule has 3 fully saturated rings. The summed E-state index contributed by atoms with van der Waals surface area (Å²) in [7, 11) is 0. The normalized spacial score (nSPS) is 37.5. The zero-order valence-corrected chi connectivity index (χ0v) is 20.1. The molecule has 174 valence electrons. The van der Waals surface area contributed by atoms with Crippen molar-refractivity contribution < 1.29 is 14.6 Å². The lowest BCUT2D eigenvalue weighted by Crippen LogP contribution is -2.55. The fraction of sp³-hybridized carbons (Fsp3) is 0.654. The molecule has 1 aromatic rings. The predicted octanol–water partition coefficient (Wildman–Crippen LogP) is 4.06. The second-order valence-corrected chi connectivity index (χ2v) is 11.0. The van der Waals surface area contributed by atoms with E-state index < -0.39 is 6.10 Å². The molecule has 5 nitrogen and oxygen atoms in total. The lowest BCUT2D eigenvalue weighted by Gasteiger charge is -2.52. The van der Waals surface area contributed by atoms with Gasteiger partial charge in [-0.25, -0.2) is 0 Å². The summed E-state index contributed by atoms with van der Waals surface area (Å²) in [4.78, 5) is 17.7. The van der Waals surface area contributed by atoms with Crippen LogP contribution >= 0.6 is 11.6 Å². The van der Waals surface area contributed by atoms with Gasteiger partial charge in [0.1, 0.15) is 6.10 Å². The van der Waals surface area contributed by atoms with E-state index in [1.165, 1.54) is 16.8 Å². The summed E-state index contributed by atoms with van der Waals surface area (Å²) in [5.74, 6) is -0.0673. The molecule has 4 aliphatic rings. The molecule has 0 aromatic heterocycles. The van der Waals surface area contributed by atoms with E-state index in [-0.39, 0.29) is 29.3 Å². The minimum atomic E-state index is -0.533. The van der Waals surface area contributed by atoms with Crippen molar-refractivity contribution in [2.24, 2.45) is 23.2 Å². The number of ether oxygens (including phenoxy) is 1. The number of carbonyl (C=O) groups excluding carboxylic acids is 1. The topological polar surface area (TPSA) is 53.0 Å². The molecule has 0 radical (unpaired) electrons. The second kappa shape index (κ2) is 8.34. The molecule has 0 unspecified atom stereocenters. The molecule has 5 rings (SSSR count). The van der Waals surface area contributed by atoms with E-state index >= 15 is 0 Å². The van der Waals surface area contributed by atoms with Gasteiger partial charge in [-0.2, -0.15) is 0 Å². The first kappa shape index (κ1) is 22.2. The Balaban J connectivity index is 1.28. The van der Waals surface area contributed by atoms with Crippen LogP contribution < -0.4 is 4.90 Å². The van der Waals surface area contributed by atoms with Crippen LogP contribution in [-0.4, -0.2) is 60.9 Å². The molecule has 1 aromatic carbocycles. The van der Waals surface area contributed by atoms with E-state index in [2.05, 4.69) is 42.7 Å². The first-order chi connectivity index (χ1) is 15.3. The van der Waals surface area contributed by atoms with Crippen LogP contribution in [0.15, 0.2) is 29.8 Å². The average molecular weight is 459 g/mol. The molecule has 2 saturated heterocycles. The Morgan fingerprint density at radius 2 is 2.00 bits per heavy atom. The Kier molecular flexibility index (Phi) is 5.80. The van der Waals surface area contributed by atoms with Crippen LogP contribution in [-0.2, 0) is 9.53 Å². The summed E-state index contributed by atoms with van der Waals surface area (Å²) in [6.07, 6.45) is 4.52. The molecular weight excluding hydrogens is 424 g/mol. The third kappa shape index (κ3) is 3.57. The van der Waals surface area contributed by atoms with Gasteiger partial charge < -0.3 is 14.7 Å². The number of allylic oxidation sites excluding steroid dienone is 1. The molecule has 1 saturated carbocycles. The monoisotopic (exact) mass is 458 g/mol. The summed E-state index contributed by atoms with van der Waals surface area (Å²) in [6.45, 7) is 10.8. The van der Waals surface area contributed by atoms with E-state index in [0.717, 1.165) is 50.5 Å². The average Bonchev–Trinajstić information content (AvgIpc) is 3.08. The van der Waals surface area contributed by atoms with Gasteiger partial charge in [-0.3, -0.25) is 9.69 Å². The molecule has 6 heteroatoms. The van der Waals surface area contributed by atoms with Crippen molar-refractivity contribution in [1.82, 2.24) is 4.90 Å². The second-order valence-electron chi connectivity index (χ2n) is 10.5. The quantitative estimate of drug-likeness (QED) is 0.547. The zero-order chi connectivity index (χ0) is 22.6. The Morgan fingerprint density at radius 1 is 1.25 bits per heavy atom. The van der Waals surface area contributed by atoms with Gasteiger partial charge in [-0.1, -0.05) is 43.2 Å².